The number of hydrogen-bond donors (Lipinski definition) is 0. The highest BCUT2D eigenvalue weighted by Crippen LogP contribution is 1.94. The van der Waals surface area contributed by atoms with Crippen molar-refractivity contribution in [1.29, 1.82) is 0 Å². The predicted molar refractivity (Wildman–Crippen MR) is 39.3 cm³/mol. The fourth-order valence-electron chi connectivity index (χ4n) is 0.571. The molecule has 0 unspecified atom stereocenters. The van der Waals surface area contributed by atoms with E-state index < -0.39 is 0 Å². The molecule has 0 rings (SSSR count). The second-order valence-corrected chi connectivity index (χ2v) is 2.16. The Hall–Kier alpha value is -0.590. The minimum Gasteiger partial charge on any atom is -0.295 e. The van der Waals surface area contributed by atoms with E-state index in [1.54, 1.807) is 13.0 Å². The summed E-state index contributed by atoms with van der Waals surface area (Å²) in [5.74, 6) is 0.145. The maximum atomic E-state index is 10.3. The van der Waals surface area contributed by atoms with E-state index in [4.69, 9.17) is 0 Å². The van der Waals surface area contributed by atoms with Crippen LogP contribution in [0.25, 0.3) is 0 Å². The van der Waals surface area contributed by atoms with Crippen molar-refractivity contribution in [2.45, 2.75) is 33.1 Å². The summed E-state index contributed by atoms with van der Waals surface area (Å²) >= 11 is 0. The predicted octanol–water partition coefficient (Wildman–Crippen LogP) is 2.32. The van der Waals surface area contributed by atoms with Crippen molar-refractivity contribution in [2.75, 3.05) is 0 Å². The largest absolute Gasteiger partial charge is 0.295 e. The summed E-state index contributed by atoms with van der Waals surface area (Å²) in [6.45, 7) is 3.71. The minimum atomic E-state index is 0.145. The van der Waals surface area contributed by atoms with Crippen molar-refractivity contribution >= 4 is 5.78 Å². The zero-order valence-corrected chi connectivity index (χ0v) is 6.18. The smallest absolute Gasteiger partial charge is 0.152 e. The molecule has 0 aliphatic rings. The molecule has 0 N–H and O–H groups in total. The summed E-state index contributed by atoms with van der Waals surface area (Å²) in [5.41, 5.74) is 0. The topological polar surface area (TPSA) is 17.1 Å². The lowest BCUT2D eigenvalue weighted by atomic mass is 10.2. The van der Waals surface area contributed by atoms with Crippen LogP contribution in [0, 0.1) is 0 Å². The van der Waals surface area contributed by atoms with Gasteiger partial charge in [0.15, 0.2) is 5.78 Å². The van der Waals surface area contributed by atoms with Gasteiger partial charge in [-0.3, -0.25) is 4.79 Å². The molecule has 0 aliphatic carbocycles. The van der Waals surface area contributed by atoms with Gasteiger partial charge < -0.3 is 0 Å². The Kier molecular flexibility index (Phi) is 5.18. The highest BCUT2D eigenvalue weighted by molar-refractivity contribution is 5.87. The molecule has 1 nitrogen and oxygen atoms in total. The third-order valence-electron chi connectivity index (χ3n) is 1.08. The van der Waals surface area contributed by atoms with Crippen LogP contribution in [0.15, 0.2) is 12.2 Å². The molecule has 0 fully saturated rings. The van der Waals surface area contributed by atoms with Gasteiger partial charge in [-0.1, -0.05) is 25.8 Å². The van der Waals surface area contributed by atoms with E-state index in [-0.39, 0.29) is 5.78 Å². The molecule has 0 aliphatic heterocycles. The first-order valence-electron chi connectivity index (χ1n) is 3.44. The molecule has 0 bridgehead atoms. The fourth-order valence-corrected chi connectivity index (χ4v) is 0.571. The highest BCUT2D eigenvalue weighted by Gasteiger charge is 1.80. The van der Waals surface area contributed by atoms with Gasteiger partial charge in [0.25, 0.3) is 0 Å². The summed E-state index contributed by atoms with van der Waals surface area (Å²) in [6, 6.07) is 0. The van der Waals surface area contributed by atoms with Crippen molar-refractivity contribution in [1.82, 2.24) is 0 Å². The maximum Gasteiger partial charge on any atom is 0.152 e. The van der Waals surface area contributed by atoms with Crippen LogP contribution in [0.3, 0.4) is 0 Å². The number of carbonyl (C=O) groups excluding carboxylic acids is 1. The highest BCUT2D eigenvalue weighted by atomic mass is 16.1. The Morgan fingerprint density at radius 1 is 1.56 bits per heavy atom. The van der Waals surface area contributed by atoms with Gasteiger partial charge in [0.2, 0.25) is 0 Å². The van der Waals surface area contributed by atoms with E-state index >= 15 is 0 Å². The summed E-state index contributed by atoms with van der Waals surface area (Å²) in [7, 11) is 0. The van der Waals surface area contributed by atoms with Gasteiger partial charge >= 0.3 is 0 Å². The Morgan fingerprint density at radius 2 is 2.22 bits per heavy atom. The quantitative estimate of drug-likeness (QED) is 0.417. The Balaban J connectivity index is 3.15. The van der Waals surface area contributed by atoms with Crippen LogP contribution in [0.2, 0.25) is 0 Å². The monoisotopic (exact) mass is 126 g/mol. The van der Waals surface area contributed by atoms with Gasteiger partial charge in [-0.05, 0) is 19.4 Å². The summed E-state index contributed by atoms with van der Waals surface area (Å²) in [6.07, 6.45) is 6.99. The lowest BCUT2D eigenvalue weighted by Crippen LogP contribution is -1.79. The van der Waals surface area contributed by atoms with Gasteiger partial charge in [-0.25, -0.2) is 0 Å². The van der Waals surface area contributed by atoms with Gasteiger partial charge in [0.1, 0.15) is 0 Å². The molecule has 0 radical (unpaired) electrons. The second-order valence-electron chi connectivity index (χ2n) is 2.16. The summed E-state index contributed by atoms with van der Waals surface area (Å²) < 4.78 is 0. The third kappa shape index (κ3) is 7.41. The SMILES string of the molecule is CCCC/C=C/C(C)=O. The van der Waals surface area contributed by atoms with E-state index in [0.29, 0.717) is 0 Å². The van der Waals surface area contributed by atoms with Crippen molar-refractivity contribution < 1.29 is 4.79 Å². The first-order valence-corrected chi connectivity index (χ1v) is 3.44. The molecule has 0 aromatic carbocycles. The number of carbonyl (C=O) groups is 1. The molecular formula is C8H14O. The minimum absolute atomic E-state index is 0.145. The van der Waals surface area contributed by atoms with Crippen molar-refractivity contribution in [3.8, 4) is 0 Å². The van der Waals surface area contributed by atoms with Gasteiger partial charge in [-0.2, -0.15) is 0 Å². The summed E-state index contributed by atoms with van der Waals surface area (Å²) in [5, 5.41) is 0. The van der Waals surface area contributed by atoms with Crippen LogP contribution in [0.1, 0.15) is 33.1 Å². The van der Waals surface area contributed by atoms with Gasteiger partial charge in [0.05, 0.1) is 0 Å². The lowest BCUT2D eigenvalue weighted by molar-refractivity contribution is -0.112. The van der Waals surface area contributed by atoms with Gasteiger partial charge in [-0.15, -0.1) is 0 Å². The molecule has 9 heavy (non-hydrogen) atoms. The molecule has 0 saturated carbocycles. The molecule has 0 saturated heterocycles. The number of ketones is 1. The zero-order valence-electron chi connectivity index (χ0n) is 6.18. The average Bonchev–Trinajstić information content (AvgIpc) is 1.80. The standard InChI is InChI=1S/C8H14O/c1-3-4-5-6-7-8(2)9/h6-7H,3-5H2,1-2H3/b7-6+. The van der Waals surface area contributed by atoms with E-state index in [2.05, 4.69) is 6.92 Å². The second kappa shape index (κ2) is 5.54. The zero-order chi connectivity index (χ0) is 7.11. The summed E-state index contributed by atoms with van der Waals surface area (Å²) in [4.78, 5) is 10.3. The van der Waals surface area contributed by atoms with Crippen molar-refractivity contribution in [2.24, 2.45) is 0 Å². The number of unbranched alkanes of at least 4 members (excludes halogenated alkanes) is 2. The Labute approximate surface area is 56.8 Å². The third-order valence-corrected chi connectivity index (χ3v) is 1.08. The molecule has 0 atom stereocenters. The van der Waals surface area contributed by atoms with Crippen LogP contribution in [-0.2, 0) is 4.79 Å². The molecule has 52 valence electrons. The Bertz CT molecular complexity index is 103. The van der Waals surface area contributed by atoms with E-state index in [1.807, 2.05) is 6.08 Å². The first kappa shape index (κ1) is 8.41. The van der Waals surface area contributed by atoms with Crippen molar-refractivity contribution in [3.63, 3.8) is 0 Å². The van der Waals surface area contributed by atoms with Crippen LogP contribution < -0.4 is 0 Å². The average molecular weight is 126 g/mol. The maximum absolute atomic E-state index is 10.3. The van der Waals surface area contributed by atoms with Crippen LogP contribution >= 0.6 is 0 Å². The van der Waals surface area contributed by atoms with E-state index in [0.717, 1.165) is 6.42 Å². The molecule has 0 spiro atoms. The molecule has 1 heteroatoms. The van der Waals surface area contributed by atoms with Crippen LogP contribution in [-0.4, -0.2) is 5.78 Å². The van der Waals surface area contributed by atoms with Crippen LogP contribution in [0.5, 0.6) is 0 Å². The normalized spacial score (nSPS) is 10.4. The van der Waals surface area contributed by atoms with Crippen molar-refractivity contribution in [3.05, 3.63) is 12.2 Å². The number of allylic oxidation sites excluding steroid dienone is 2. The fraction of sp³-hybridized carbons (Fsp3) is 0.625. The molecular weight excluding hydrogens is 112 g/mol. The Morgan fingerprint density at radius 3 is 2.67 bits per heavy atom. The number of hydrogen-bond acceptors (Lipinski definition) is 1. The van der Waals surface area contributed by atoms with Crippen LogP contribution in [0.4, 0.5) is 0 Å². The lowest BCUT2D eigenvalue weighted by Gasteiger charge is -1.85. The first-order chi connectivity index (χ1) is 4.27. The van der Waals surface area contributed by atoms with E-state index in [9.17, 15) is 4.79 Å². The molecule has 0 amide bonds. The molecule has 0 aromatic heterocycles. The van der Waals surface area contributed by atoms with Gasteiger partial charge in [0, 0.05) is 0 Å². The molecule has 0 aromatic rings. The van der Waals surface area contributed by atoms with E-state index in [1.165, 1.54) is 12.8 Å². The number of rotatable bonds is 4. The molecule has 0 heterocycles.